The largest absolute Gasteiger partial charge is 0.345 e. The van der Waals surface area contributed by atoms with Crippen LogP contribution >= 0.6 is 11.3 Å². The highest BCUT2D eigenvalue weighted by atomic mass is 32.1. The maximum Gasteiger partial charge on any atom is 0.271 e. The standard InChI is InChI=1S/C18H17N3O2S/c22-16(14-11-19-18-21(17(14)23)9-10-24-18)20-15(13-7-4-8-13)12-5-2-1-3-6-12/h1-3,5-6,9-11,13,15H,4,7-8H2,(H,20,22)/t15-/m1/s1. The number of thiazole rings is 1. The third-order valence-corrected chi connectivity index (χ3v) is 5.42. The van der Waals surface area contributed by atoms with E-state index in [4.69, 9.17) is 0 Å². The molecule has 1 aliphatic carbocycles. The quantitative estimate of drug-likeness (QED) is 0.795. The third-order valence-electron chi connectivity index (χ3n) is 4.65. The summed E-state index contributed by atoms with van der Waals surface area (Å²) in [5.74, 6) is 0.0748. The van der Waals surface area contributed by atoms with Crippen molar-refractivity contribution in [3.63, 3.8) is 0 Å². The van der Waals surface area contributed by atoms with E-state index in [2.05, 4.69) is 10.3 Å². The number of carbonyl (C=O) groups is 1. The van der Waals surface area contributed by atoms with Crippen molar-refractivity contribution in [2.24, 2.45) is 5.92 Å². The summed E-state index contributed by atoms with van der Waals surface area (Å²) < 4.78 is 1.42. The lowest BCUT2D eigenvalue weighted by molar-refractivity contribution is 0.0898. The zero-order valence-electron chi connectivity index (χ0n) is 13.0. The van der Waals surface area contributed by atoms with Crippen LogP contribution in [0.5, 0.6) is 0 Å². The second-order valence-electron chi connectivity index (χ2n) is 6.09. The molecule has 3 aromatic rings. The lowest BCUT2D eigenvalue weighted by atomic mass is 9.77. The number of rotatable bonds is 4. The molecule has 0 saturated heterocycles. The molecule has 1 N–H and O–H groups in total. The zero-order valence-corrected chi connectivity index (χ0v) is 13.8. The van der Waals surface area contributed by atoms with Crippen molar-refractivity contribution in [3.8, 4) is 0 Å². The minimum atomic E-state index is -0.353. The number of nitrogens with zero attached hydrogens (tertiary/aromatic N) is 2. The molecule has 1 atom stereocenters. The van der Waals surface area contributed by atoms with E-state index in [9.17, 15) is 9.59 Å². The first-order chi connectivity index (χ1) is 11.7. The van der Waals surface area contributed by atoms with Gasteiger partial charge in [-0.05, 0) is 24.3 Å². The van der Waals surface area contributed by atoms with Crippen molar-refractivity contribution < 1.29 is 4.79 Å². The summed E-state index contributed by atoms with van der Waals surface area (Å²) in [6.07, 6.45) is 6.41. The van der Waals surface area contributed by atoms with Gasteiger partial charge >= 0.3 is 0 Å². The maximum atomic E-state index is 12.7. The number of amides is 1. The van der Waals surface area contributed by atoms with E-state index in [1.54, 1.807) is 11.6 Å². The number of nitrogens with one attached hydrogen (secondary N) is 1. The highest BCUT2D eigenvalue weighted by molar-refractivity contribution is 7.15. The van der Waals surface area contributed by atoms with Crippen molar-refractivity contribution in [2.45, 2.75) is 25.3 Å². The summed E-state index contributed by atoms with van der Waals surface area (Å²) >= 11 is 1.37. The van der Waals surface area contributed by atoms with Gasteiger partial charge in [-0.1, -0.05) is 36.8 Å². The Morgan fingerprint density at radius 1 is 1.29 bits per heavy atom. The van der Waals surface area contributed by atoms with Crippen LogP contribution in [0.1, 0.15) is 41.2 Å². The van der Waals surface area contributed by atoms with Crippen LogP contribution in [0.4, 0.5) is 0 Å². The van der Waals surface area contributed by atoms with Gasteiger partial charge in [0.25, 0.3) is 11.5 Å². The van der Waals surface area contributed by atoms with Crippen LogP contribution < -0.4 is 10.9 Å². The summed E-state index contributed by atoms with van der Waals surface area (Å²) in [6.45, 7) is 0. The zero-order chi connectivity index (χ0) is 16.5. The number of hydrogen-bond donors (Lipinski definition) is 1. The minimum absolute atomic E-state index is 0.0602. The number of carbonyl (C=O) groups excluding carboxylic acids is 1. The van der Waals surface area contributed by atoms with Gasteiger partial charge in [0.2, 0.25) is 0 Å². The highest BCUT2D eigenvalue weighted by Gasteiger charge is 2.30. The Morgan fingerprint density at radius 3 is 2.79 bits per heavy atom. The smallest absolute Gasteiger partial charge is 0.271 e. The summed E-state index contributed by atoms with van der Waals surface area (Å²) in [7, 11) is 0. The second-order valence-corrected chi connectivity index (χ2v) is 6.96. The third kappa shape index (κ3) is 2.63. The Labute approximate surface area is 143 Å². The average molecular weight is 339 g/mol. The fourth-order valence-corrected chi connectivity index (χ4v) is 3.78. The first-order valence-corrected chi connectivity index (χ1v) is 8.92. The maximum absolute atomic E-state index is 12.7. The van der Waals surface area contributed by atoms with Gasteiger partial charge in [0.05, 0.1) is 6.04 Å². The van der Waals surface area contributed by atoms with Crippen LogP contribution in [-0.2, 0) is 0 Å². The van der Waals surface area contributed by atoms with Gasteiger partial charge in [-0.2, -0.15) is 0 Å². The lowest BCUT2D eigenvalue weighted by Crippen LogP contribution is -2.38. The molecular weight excluding hydrogens is 322 g/mol. The summed E-state index contributed by atoms with van der Waals surface area (Å²) in [5.41, 5.74) is 0.852. The van der Waals surface area contributed by atoms with E-state index >= 15 is 0 Å². The minimum Gasteiger partial charge on any atom is -0.345 e. The van der Waals surface area contributed by atoms with Crippen molar-refractivity contribution in [2.75, 3.05) is 0 Å². The van der Waals surface area contributed by atoms with E-state index in [0.29, 0.717) is 10.9 Å². The normalized spacial score (nSPS) is 15.8. The first-order valence-electron chi connectivity index (χ1n) is 8.05. The fraction of sp³-hybridized carbons (Fsp3) is 0.278. The second kappa shape index (κ2) is 6.20. The van der Waals surface area contributed by atoms with Crippen molar-refractivity contribution in [1.82, 2.24) is 14.7 Å². The first kappa shape index (κ1) is 15.1. The van der Waals surface area contributed by atoms with Crippen molar-refractivity contribution in [3.05, 3.63) is 69.6 Å². The predicted octanol–water partition coefficient (Wildman–Crippen LogP) is 3.03. The summed E-state index contributed by atoms with van der Waals surface area (Å²) in [5, 5.41) is 4.84. The van der Waals surface area contributed by atoms with E-state index in [1.165, 1.54) is 28.4 Å². The molecule has 1 saturated carbocycles. The molecule has 24 heavy (non-hydrogen) atoms. The molecular formula is C18H17N3O2S. The van der Waals surface area contributed by atoms with E-state index in [-0.39, 0.29) is 23.1 Å². The molecule has 0 unspecified atom stereocenters. The van der Waals surface area contributed by atoms with E-state index in [0.717, 1.165) is 18.4 Å². The van der Waals surface area contributed by atoms with Crippen LogP contribution in [0.15, 0.2) is 52.9 Å². The van der Waals surface area contributed by atoms with Gasteiger partial charge in [-0.3, -0.25) is 14.0 Å². The molecule has 0 spiro atoms. The summed E-state index contributed by atoms with van der Waals surface area (Å²) in [6, 6.07) is 9.90. The number of aromatic nitrogens is 2. The molecule has 1 fully saturated rings. The van der Waals surface area contributed by atoms with Gasteiger partial charge in [-0.25, -0.2) is 4.98 Å². The van der Waals surface area contributed by atoms with E-state index < -0.39 is 0 Å². The number of hydrogen-bond acceptors (Lipinski definition) is 4. The van der Waals surface area contributed by atoms with Gasteiger partial charge in [0, 0.05) is 17.8 Å². The van der Waals surface area contributed by atoms with Gasteiger partial charge in [0.15, 0.2) is 4.96 Å². The molecule has 2 aromatic heterocycles. The monoisotopic (exact) mass is 339 g/mol. The molecule has 1 aromatic carbocycles. The molecule has 1 aliphatic rings. The Hall–Kier alpha value is -2.47. The Morgan fingerprint density at radius 2 is 2.08 bits per heavy atom. The van der Waals surface area contributed by atoms with Crippen molar-refractivity contribution in [1.29, 1.82) is 0 Å². The fourth-order valence-electron chi connectivity index (χ4n) is 3.11. The Kier molecular flexibility index (Phi) is 3.90. The lowest BCUT2D eigenvalue weighted by Gasteiger charge is -2.34. The van der Waals surface area contributed by atoms with Crippen LogP contribution in [-0.4, -0.2) is 15.3 Å². The molecule has 1 amide bonds. The molecule has 0 radical (unpaired) electrons. The number of fused-ring (bicyclic) bond motifs is 1. The number of benzene rings is 1. The van der Waals surface area contributed by atoms with Gasteiger partial charge in [-0.15, -0.1) is 11.3 Å². The Balaban J connectivity index is 1.65. The summed E-state index contributed by atoms with van der Waals surface area (Å²) in [4.78, 5) is 30.0. The molecule has 0 aliphatic heterocycles. The predicted molar refractivity (Wildman–Crippen MR) is 93.3 cm³/mol. The molecule has 2 heterocycles. The van der Waals surface area contributed by atoms with Crippen LogP contribution in [0.25, 0.3) is 4.96 Å². The van der Waals surface area contributed by atoms with Crippen molar-refractivity contribution >= 4 is 22.2 Å². The van der Waals surface area contributed by atoms with Crippen LogP contribution in [0.2, 0.25) is 0 Å². The SMILES string of the molecule is O=C(N[C@H](c1ccccc1)C1CCC1)c1cnc2sccn2c1=O. The molecule has 6 heteroatoms. The van der Waals surface area contributed by atoms with Gasteiger partial charge < -0.3 is 5.32 Å². The van der Waals surface area contributed by atoms with Crippen LogP contribution in [0, 0.1) is 5.92 Å². The molecule has 5 nitrogen and oxygen atoms in total. The van der Waals surface area contributed by atoms with Crippen LogP contribution in [0.3, 0.4) is 0 Å². The molecule has 122 valence electrons. The molecule has 4 rings (SSSR count). The highest BCUT2D eigenvalue weighted by Crippen LogP contribution is 2.37. The van der Waals surface area contributed by atoms with Gasteiger partial charge in [0.1, 0.15) is 5.56 Å². The topological polar surface area (TPSA) is 63.5 Å². The Bertz CT molecular complexity index is 928. The average Bonchev–Trinajstić information content (AvgIpc) is 3.03. The van der Waals surface area contributed by atoms with E-state index in [1.807, 2.05) is 30.3 Å². The molecule has 0 bridgehead atoms.